The average Bonchev–Trinajstić information content (AvgIpc) is 3.46. The van der Waals surface area contributed by atoms with Gasteiger partial charge in [-0.15, -0.1) is 0 Å². The zero-order valence-corrected chi connectivity index (χ0v) is 20.4. The van der Waals surface area contributed by atoms with E-state index in [1.54, 1.807) is 6.20 Å². The summed E-state index contributed by atoms with van der Waals surface area (Å²) in [6, 6.07) is 9.32. The lowest BCUT2D eigenvalue weighted by Gasteiger charge is -2.16. The number of aliphatic hydroxyl groups excluding tert-OH is 2. The van der Waals surface area contributed by atoms with E-state index < -0.39 is 30.2 Å². The second-order valence-corrected chi connectivity index (χ2v) is 8.88. The SMILES string of the molecule is Nc1nc(=O)n(CCOc2ccccc2)cc1CNCC[C@H]1O[C@@H](n2cnc3c(N)ncnc32)[C@@H](O)C1O. The van der Waals surface area contributed by atoms with Gasteiger partial charge in [0.25, 0.3) is 0 Å². The van der Waals surface area contributed by atoms with Gasteiger partial charge in [-0.2, -0.15) is 4.98 Å². The van der Waals surface area contributed by atoms with Gasteiger partial charge < -0.3 is 36.5 Å². The third kappa shape index (κ3) is 5.28. The van der Waals surface area contributed by atoms with Gasteiger partial charge in [-0.3, -0.25) is 9.13 Å². The van der Waals surface area contributed by atoms with Gasteiger partial charge >= 0.3 is 5.69 Å². The number of imidazole rings is 1. The van der Waals surface area contributed by atoms with Gasteiger partial charge in [0.05, 0.1) is 19.0 Å². The molecule has 1 saturated heterocycles. The first kappa shape index (κ1) is 25.5. The maximum Gasteiger partial charge on any atom is 0.349 e. The summed E-state index contributed by atoms with van der Waals surface area (Å²) >= 11 is 0. The van der Waals surface area contributed by atoms with Gasteiger partial charge in [-0.05, 0) is 25.1 Å². The smallest absolute Gasteiger partial charge is 0.349 e. The summed E-state index contributed by atoms with van der Waals surface area (Å²) in [4.78, 5) is 28.4. The predicted octanol–water partition coefficient (Wildman–Crippen LogP) is -0.574. The van der Waals surface area contributed by atoms with Gasteiger partial charge in [0, 0.05) is 18.3 Å². The molecule has 1 aromatic carbocycles. The normalized spacial score (nSPS) is 21.2. The summed E-state index contributed by atoms with van der Waals surface area (Å²) in [5, 5.41) is 24.4. The van der Waals surface area contributed by atoms with E-state index in [9.17, 15) is 15.0 Å². The van der Waals surface area contributed by atoms with Crippen LogP contribution in [0, 0.1) is 0 Å². The number of nitrogen functional groups attached to an aromatic ring is 2. The minimum absolute atomic E-state index is 0.142. The fourth-order valence-corrected chi connectivity index (χ4v) is 4.34. The number of para-hydroxylation sites is 1. The molecule has 14 nitrogen and oxygen atoms in total. The highest BCUT2D eigenvalue weighted by atomic mass is 16.6. The largest absolute Gasteiger partial charge is 0.492 e. The highest BCUT2D eigenvalue weighted by Gasteiger charge is 2.43. The number of aromatic nitrogens is 6. The van der Waals surface area contributed by atoms with Crippen LogP contribution >= 0.6 is 0 Å². The predicted molar refractivity (Wildman–Crippen MR) is 137 cm³/mol. The Morgan fingerprint density at radius 3 is 2.71 bits per heavy atom. The van der Waals surface area contributed by atoms with Crippen LogP contribution in [0.1, 0.15) is 18.2 Å². The Bertz CT molecular complexity index is 1440. The molecule has 0 saturated carbocycles. The lowest BCUT2D eigenvalue weighted by atomic mass is 10.1. The van der Waals surface area contributed by atoms with Crippen LogP contribution in [0.3, 0.4) is 0 Å². The molecule has 1 aliphatic heterocycles. The van der Waals surface area contributed by atoms with Crippen LogP contribution in [0.25, 0.3) is 11.2 Å². The lowest BCUT2D eigenvalue weighted by molar-refractivity contribution is -0.0367. The van der Waals surface area contributed by atoms with Crippen molar-refractivity contribution >= 4 is 22.8 Å². The van der Waals surface area contributed by atoms with E-state index in [1.807, 2.05) is 30.3 Å². The van der Waals surface area contributed by atoms with E-state index in [2.05, 4.69) is 25.3 Å². The van der Waals surface area contributed by atoms with Crippen molar-refractivity contribution in [1.29, 1.82) is 0 Å². The number of nitrogens with two attached hydrogens (primary N) is 2. The molecule has 0 bridgehead atoms. The van der Waals surface area contributed by atoms with Gasteiger partial charge in [-0.25, -0.2) is 19.7 Å². The molecule has 1 aliphatic rings. The van der Waals surface area contributed by atoms with Crippen molar-refractivity contribution < 1.29 is 19.7 Å². The number of hydrogen-bond acceptors (Lipinski definition) is 12. The number of rotatable bonds is 10. The standard InChI is InChI=1S/C24H29N9O5/c25-20-14(11-32(24(36)31-20)8-9-37-15-4-2-1-3-5-15)10-27-7-6-16-18(34)19(35)23(38-16)33-13-30-17-21(26)28-12-29-22(17)33/h1-5,11-13,16,18-19,23,27,34-35H,6-10H2,(H2,25,31,36)(H2,26,28,29)/t16-,18?,19+,23-/m1/s1. The summed E-state index contributed by atoms with van der Waals surface area (Å²) in [5.74, 6) is 1.07. The van der Waals surface area contributed by atoms with Crippen molar-refractivity contribution in [3.8, 4) is 5.75 Å². The van der Waals surface area contributed by atoms with Gasteiger partial charge in [-0.1, -0.05) is 18.2 Å². The Morgan fingerprint density at radius 2 is 1.89 bits per heavy atom. The molecule has 1 unspecified atom stereocenters. The summed E-state index contributed by atoms with van der Waals surface area (Å²) in [7, 11) is 0. The van der Waals surface area contributed by atoms with Crippen molar-refractivity contribution in [2.24, 2.45) is 0 Å². The van der Waals surface area contributed by atoms with Gasteiger partial charge in [0.2, 0.25) is 0 Å². The van der Waals surface area contributed by atoms with E-state index in [0.29, 0.717) is 55.1 Å². The van der Waals surface area contributed by atoms with Crippen LogP contribution in [-0.4, -0.2) is 70.7 Å². The van der Waals surface area contributed by atoms with Crippen LogP contribution < -0.4 is 27.2 Å². The van der Waals surface area contributed by atoms with E-state index >= 15 is 0 Å². The third-order valence-electron chi connectivity index (χ3n) is 6.37. The number of nitrogens with zero attached hydrogens (tertiary/aromatic N) is 6. The molecule has 38 heavy (non-hydrogen) atoms. The molecule has 3 aromatic heterocycles. The first-order chi connectivity index (χ1) is 18.4. The highest BCUT2D eigenvalue weighted by molar-refractivity contribution is 5.81. The quantitative estimate of drug-likeness (QED) is 0.166. The number of anilines is 2. The topological polar surface area (TPSA) is 201 Å². The van der Waals surface area contributed by atoms with Crippen molar-refractivity contribution in [3.63, 3.8) is 0 Å². The molecular formula is C24H29N9O5. The molecule has 4 atom stereocenters. The van der Waals surface area contributed by atoms with E-state index in [4.69, 9.17) is 20.9 Å². The number of aliphatic hydroxyl groups is 2. The Labute approximate surface area is 216 Å². The summed E-state index contributed by atoms with van der Waals surface area (Å²) in [6.45, 7) is 1.40. The first-order valence-corrected chi connectivity index (χ1v) is 12.1. The number of fused-ring (bicyclic) bond motifs is 1. The van der Waals surface area contributed by atoms with Crippen molar-refractivity contribution in [2.75, 3.05) is 24.6 Å². The molecule has 4 aromatic rings. The zero-order valence-electron chi connectivity index (χ0n) is 20.4. The Morgan fingerprint density at radius 1 is 1.08 bits per heavy atom. The minimum atomic E-state index is -1.19. The number of hydrogen-bond donors (Lipinski definition) is 5. The zero-order chi connectivity index (χ0) is 26.6. The number of ether oxygens (including phenoxy) is 2. The van der Waals surface area contributed by atoms with Crippen LogP contribution in [0.15, 0.2) is 54.0 Å². The van der Waals surface area contributed by atoms with E-state index in [-0.39, 0.29) is 11.6 Å². The molecule has 0 aliphatic carbocycles. The van der Waals surface area contributed by atoms with Crippen LogP contribution in [0.4, 0.5) is 11.6 Å². The summed E-state index contributed by atoms with van der Waals surface area (Å²) < 4.78 is 14.6. The molecule has 1 fully saturated rings. The van der Waals surface area contributed by atoms with E-state index in [1.165, 1.54) is 21.8 Å². The lowest BCUT2D eigenvalue weighted by Crippen LogP contribution is -2.33. The molecule has 7 N–H and O–H groups in total. The minimum Gasteiger partial charge on any atom is -0.492 e. The molecule has 200 valence electrons. The maximum absolute atomic E-state index is 12.2. The van der Waals surface area contributed by atoms with Gasteiger partial charge in [0.15, 0.2) is 17.7 Å². The van der Waals surface area contributed by atoms with Crippen LogP contribution in [0.5, 0.6) is 5.75 Å². The summed E-state index contributed by atoms with van der Waals surface area (Å²) in [5.41, 5.74) is 12.8. The van der Waals surface area contributed by atoms with Crippen molar-refractivity contribution in [1.82, 2.24) is 34.4 Å². The first-order valence-electron chi connectivity index (χ1n) is 12.1. The molecule has 4 heterocycles. The van der Waals surface area contributed by atoms with Gasteiger partial charge in [0.1, 0.15) is 42.2 Å². The molecule has 5 rings (SSSR count). The second-order valence-electron chi connectivity index (χ2n) is 8.88. The fraction of sp³-hybridized carbons (Fsp3) is 0.375. The molecule has 0 radical (unpaired) electrons. The summed E-state index contributed by atoms with van der Waals surface area (Å²) in [6.07, 6.45) is 0.990. The van der Waals surface area contributed by atoms with E-state index in [0.717, 1.165) is 0 Å². The Hall–Kier alpha value is -4.11. The van der Waals surface area contributed by atoms with Crippen LogP contribution in [0.2, 0.25) is 0 Å². The fourth-order valence-electron chi connectivity index (χ4n) is 4.34. The Balaban J connectivity index is 1.15. The highest BCUT2D eigenvalue weighted by Crippen LogP contribution is 2.33. The second kappa shape index (κ2) is 11.1. The Kier molecular flexibility index (Phi) is 7.46. The monoisotopic (exact) mass is 523 g/mol. The molecular weight excluding hydrogens is 494 g/mol. The van der Waals surface area contributed by atoms with Crippen molar-refractivity contribution in [3.05, 3.63) is 65.2 Å². The average molecular weight is 524 g/mol. The maximum atomic E-state index is 12.2. The third-order valence-corrected chi connectivity index (χ3v) is 6.37. The molecule has 0 amide bonds. The molecule has 14 heteroatoms. The van der Waals surface area contributed by atoms with Crippen LogP contribution in [-0.2, 0) is 17.8 Å². The molecule has 0 spiro atoms. The van der Waals surface area contributed by atoms with Crippen molar-refractivity contribution in [2.45, 2.75) is 44.1 Å². The number of benzene rings is 1. The number of nitrogens with one attached hydrogen (secondary N) is 1.